The first kappa shape index (κ1) is 19.4. The van der Waals surface area contributed by atoms with Crippen molar-refractivity contribution < 1.29 is 9.53 Å². The lowest BCUT2D eigenvalue weighted by atomic mass is 10.1. The van der Waals surface area contributed by atoms with Gasteiger partial charge in [-0.1, -0.05) is 6.07 Å². The number of aromatic nitrogens is 2. The van der Waals surface area contributed by atoms with Crippen LogP contribution in [0.1, 0.15) is 44.9 Å². The summed E-state index contributed by atoms with van der Waals surface area (Å²) in [5.41, 5.74) is 1.94. The van der Waals surface area contributed by atoms with E-state index in [1.54, 1.807) is 16.7 Å². The molecule has 0 aliphatic carbocycles. The summed E-state index contributed by atoms with van der Waals surface area (Å²) in [5.74, 6) is 0. The van der Waals surface area contributed by atoms with Gasteiger partial charge in [0.2, 0.25) is 0 Å². The maximum atomic E-state index is 12.3. The maximum Gasteiger partial charge on any atom is 0.407 e. The molecular weight excluding hydrogens is 344 g/mol. The molecule has 0 saturated carbocycles. The molecule has 3 rings (SSSR count). The van der Waals surface area contributed by atoms with Crippen LogP contribution in [0.15, 0.2) is 29.2 Å². The molecule has 3 heterocycles. The number of carbonyl (C=O) groups is 1. The summed E-state index contributed by atoms with van der Waals surface area (Å²) in [6, 6.07) is 5.54. The van der Waals surface area contributed by atoms with E-state index in [9.17, 15) is 9.59 Å². The summed E-state index contributed by atoms with van der Waals surface area (Å²) in [4.78, 5) is 31.2. The summed E-state index contributed by atoms with van der Waals surface area (Å²) >= 11 is 0. The molecule has 7 nitrogen and oxygen atoms in total. The highest BCUT2D eigenvalue weighted by Gasteiger charge is 2.24. The number of rotatable bonds is 3. The molecule has 0 radical (unpaired) electrons. The van der Waals surface area contributed by atoms with Crippen LogP contribution in [0.2, 0.25) is 0 Å². The van der Waals surface area contributed by atoms with Gasteiger partial charge in [-0.05, 0) is 52.2 Å². The quantitative estimate of drug-likeness (QED) is 0.896. The van der Waals surface area contributed by atoms with Gasteiger partial charge in [0.05, 0.1) is 5.69 Å². The fourth-order valence-corrected chi connectivity index (χ4v) is 3.33. The predicted molar refractivity (Wildman–Crippen MR) is 104 cm³/mol. The van der Waals surface area contributed by atoms with Crippen molar-refractivity contribution >= 4 is 11.7 Å². The van der Waals surface area contributed by atoms with Crippen molar-refractivity contribution in [1.82, 2.24) is 19.6 Å². The highest BCUT2D eigenvalue weighted by Crippen LogP contribution is 2.15. The molecule has 1 aliphatic rings. The van der Waals surface area contributed by atoms with Gasteiger partial charge in [-0.2, -0.15) is 0 Å². The van der Waals surface area contributed by atoms with Crippen LogP contribution < -0.4 is 10.9 Å². The van der Waals surface area contributed by atoms with Crippen LogP contribution in [0.4, 0.5) is 4.79 Å². The van der Waals surface area contributed by atoms with Crippen LogP contribution in [0, 0.1) is 6.92 Å². The standard InChI is InChI=1S/C20H28N4O3/c1-14-6-5-9-24-17(25)12-16(21-18(14)24)13-23-10-7-15(8-11-23)22-19(26)27-20(2,3)4/h5-6,9,12,15H,7-8,10-11,13H2,1-4H3,(H,22,26). The van der Waals surface area contributed by atoms with Gasteiger partial charge < -0.3 is 10.1 Å². The Hall–Kier alpha value is -2.41. The van der Waals surface area contributed by atoms with Gasteiger partial charge in [0.15, 0.2) is 0 Å². The van der Waals surface area contributed by atoms with Gasteiger partial charge >= 0.3 is 6.09 Å². The Morgan fingerprint density at radius 3 is 2.70 bits per heavy atom. The Balaban J connectivity index is 1.58. The predicted octanol–water partition coefficient (Wildman–Crippen LogP) is 2.49. The first-order chi connectivity index (χ1) is 12.7. The lowest BCUT2D eigenvalue weighted by Crippen LogP contribution is -2.46. The fourth-order valence-electron chi connectivity index (χ4n) is 3.33. The number of likely N-dealkylation sites (tertiary alicyclic amines) is 1. The van der Waals surface area contributed by atoms with Crippen LogP contribution in [-0.2, 0) is 11.3 Å². The molecule has 0 spiro atoms. The third-order valence-electron chi connectivity index (χ3n) is 4.63. The number of alkyl carbamates (subject to hydrolysis) is 1. The highest BCUT2D eigenvalue weighted by molar-refractivity contribution is 5.68. The monoisotopic (exact) mass is 372 g/mol. The van der Waals surface area contributed by atoms with Gasteiger partial charge in [-0.3, -0.25) is 14.1 Å². The molecule has 2 aromatic heterocycles. The summed E-state index contributed by atoms with van der Waals surface area (Å²) in [5, 5.41) is 2.94. The van der Waals surface area contributed by atoms with Crippen molar-refractivity contribution in [3.05, 3.63) is 46.0 Å². The summed E-state index contributed by atoms with van der Waals surface area (Å²) in [6.45, 7) is 9.85. The molecule has 0 bridgehead atoms. The average molecular weight is 372 g/mol. The first-order valence-corrected chi connectivity index (χ1v) is 9.41. The zero-order valence-corrected chi connectivity index (χ0v) is 16.5. The minimum Gasteiger partial charge on any atom is -0.444 e. The van der Waals surface area contributed by atoms with Crippen molar-refractivity contribution in [2.75, 3.05) is 13.1 Å². The number of nitrogens with zero attached hydrogens (tertiary/aromatic N) is 3. The minimum absolute atomic E-state index is 0.0554. The number of amides is 1. The number of piperidine rings is 1. The van der Waals surface area contributed by atoms with Crippen LogP contribution in [0.5, 0.6) is 0 Å². The molecular formula is C20H28N4O3. The van der Waals surface area contributed by atoms with Crippen molar-refractivity contribution in [2.45, 2.75) is 58.7 Å². The highest BCUT2D eigenvalue weighted by atomic mass is 16.6. The molecule has 0 unspecified atom stereocenters. The lowest BCUT2D eigenvalue weighted by molar-refractivity contribution is 0.0477. The molecule has 2 aromatic rings. The Kier molecular flexibility index (Phi) is 5.51. The van der Waals surface area contributed by atoms with Crippen molar-refractivity contribution in [2.24, 2.45) is 0 Å². The van der Waals surface area contributed by atoms with Gasteiger partial charge in [-0.15, -0.1) is 0 Å². The Bertz CT molecular complexity index is 877. The van der Waals surface area contributed by atoms with E-state index in [0.717, 1.165) is 37.2 Å². The summed E-state index contributed by atoms with van der Waals surface area (Å²) in [7, 11) is 0. The van der Waals surface area contributed by atoms with Crippen molar-refractivity contribution in [1.29, 1.82) is 0 Å². The second kappa shape index (κ2) is 7.68. The van der Waals surface area contributed by atoms with Crippen molar-refractivity contribution in [3.8, 4) is 0 Å². The molecule has 1 fully saturated rings. The van der Waals surface area contributed by atoms with Crippen LogP contribution in [0.3, 0.4) is 0 Å². The minimum atomic E-state index is -0.487. The largest absolute Gasteiger partial charge is 0.444 e. The topological polar surface area (TPSA) is 75.9 Å². The van der Waals surface area contributed by atoms with Crippen LogP contribution in [0.25, 0.3) is 5.65 Å². The first-order valence-electron chi connectivity index (χ1n) is 9.41. The molecule has 1 saturated heterocycles. The molecule has 0 aromatic carbocycles. The molecule has 0 atom stereocenters. The number of pyridine rings is 1. The zero-order chi connectivity index (χ0) is 19.6. The number of nitrogens with one attached hydrogen (secondary N) is 1. The average Bonchev–Trinajstić information content (AvgIpc) is 2.56. The lowest BCUT2D eigenvalue weighted by Gasteiger charge is -2.32. The van der Waals surface area contributed by atoms with E-state index in [1.807, 2.05) is 39.8 Å². The number of fused-ring (bicyclic) bond motifs is 1. The number of aryl methyl sites for hydroxylation is 1. The van der Waals surface area contributed by atoms with Gasteiger partial charge in [0, 0.05) is 37.9 Å². The van der Waals surface area contributed by atoms with Crippen molar-refractivity contribution in [3.63, 3.8) is 0 Å². The molecule has 27 heavy (non-hydrogen) atoms. The van der Waals surface area contributed by atoms with E-state index in [0.29, 0.717) is 12.2 Å². The molecule has 1 amide bonds. The Morgan fingerprint density at radius 1 is 1.33 bits per heavy atom. The van der Waals surface area contributed by atoms with Gasteiger partial charge in [-0.25, -0.2) is 9.78 Å². The summed E-state index contributed by atoms with van der Waals surface area (Å²) < 4.78 is 6.90. The third kappa shape index (κ3) is 5.07. The zero-order valence-electron chi connectivity index (χ0n) is 16.5. The Labute approximate surface area is 159 Å². The van der Waals surface area contributed by atoms with E-state index in [1.165, 1.54) is 0 Å². The van der Waals surface area contributed by atoms with Crippen LogP contribution >= 0.6 is 0 Å². The number of hydrogen-bond acceptors (Lipinski definition) is 5. The Morgan fingerprint density at radius 2 is 2.04 bits per heavy atom. The van der Waals surface area contributed by atoms with E-state index in [2.05, 4.69) is 15.2 Å². The SMILES string of the molecule is Cc1cccn2c(=O)cc(CN3CCC(NC(=O)OC(C)(C)C)CC3)nc12. The molecule has 7 heteroatoms. The molecule has 1 N–H and O–H groups in total. The molecule has 146 valence electrons. The van der Waals surface area contributed by atoms with E-state index < -0.39 is 5.60 Å². The summed E-state index contributed by atoms with van der Waals surface area (Å²) in [6.07, 6.45) is 3.09. The maximum absolute atomic E-state index is 12.3. The van der Waals surface area contributed by atoms with E-state index in [-0.39, 0.29) is 17.7 Å². The van der Waals surface area contributed by atoms with E-state index in [4.69, 9.17) is 4.74 Å². The third-order valence-corrected chi connectivity index (χ3v) is 4.63. The number of carbonyl (C=O) groups excluding carboxylic acids is 1. The van der Waals surface area contributed by atoms with Crippen LogP contribution in [-0.4, -0.2) is 45.1 Å². The second-order valence-electron chi connectivity index (χ2n) is 8.17. The van der Waals surface area contributed by atoms with Gasteiger partial charge in [0.1, 0.15) is 11.2 Å². The smallest absolute Gasteiger partial charge is 0.407 e. The number of ether oxygens (including phenoxy) is 1. The fraction of sp³-hybridized carbons (Fsp3) is 0.550. The van der Waals surface area contributed by atoms with Gasteiger partial charge in [0.25, 0.3) is 5.56 Å². The van der Waals surface area contributed by atoms with E-state index >= 15 is 0 Å². The second-order valence-corrected chi connectivity index (χ2v) is 8.17. The normalized spacial score (nSPS) is 16.4. The number of hydrogen-bond donors (Lipinski definition) is 1. The molecule has 1 aliphatic heterocycles.